The van der Waals surface area contributed by atoms with E-state index in [1.165, 1.54) is 5.56 Å². The van der Waals surface area contributed by atoms with Gasteiger partial charge in [0, 0.05) is 26.2 Å². The average molecular weight is 310 g/mol. The average Bonchev–Trinajstić information content (AvgIpc) is 3.06. The molecule has 120 valence electrons. The van der Waals surface area contributed by atoms with Crippen LogP contribution in [-0.4, -0.2) is 52.6 Å². The van der Waals surface area contributed by atoms with E-state index in [0.717, 1.165) is 44.8 Å². The maximum Gasteiger partial charge on any atom is 0.207 e. The molecule has 1 saturated heterocycles. The first-order valence-electron chi connectivity index (χ1n) is 8.19. The quantitative estimate of drug-likeness (QED) is 0.862. The first-order valence-corrected chi connectivity index (χ1v) is 8.19. The molecule has 0 N–H and O–H groups in total. The molecule has 0 aliphatic carbocycles. The van der Waals surface area contributed by atoms with Gasteiger partial charge in [0.1, 0.15) is 6.07 Å². The number of likely N-dealkylation sites (N-methyl/N-ethyl adjacent to an activating group) is 1. The summed E-state index contributed by atoms with van der Waals surface area (Å²) in [4.78, 5) is 6.13. The number of piperazine rings is 1. The van der Waals surface area contributed by atoms with E-state index >= 15 is 0 Å². The van der Waals surface area contributed by atoms with Crippen LogP contribution in [0.5, 0.6) is 0 Å². The van der Waals surface area contributed by atoms with Crippen LogP contribution in [0.2, 0.25) is 0 Å². The highest BCUT2D eigenvalue weighted by molar-refractivity contribution is 5.50. The maximum atomic E-state index is 9.39. The Bertz CT molecular complexity index is 689. The topological polar surface area (TPSA) is 61.0 Å². The van der Waals surface area contributed by atoms with E-state index in [2.05, 4.69) is 52.0 Å². The largest absolute Gasteiger partial charge is 0.350 e. The zero-order valence-electron chi connectivity index (χ0n) is 13.7. The number of benzene rings is 1. The van der Waals surface area contributed by atoms with E-state index < -0.39 is 0 Å². The number of nitriles is 1. The first-order chi connectivity index (χ1) is 11.2. The third-order valence-corrected chi connectivity index (χ3v) is 4.40. The van der Waals surface area contributed by atoms with E-state index in [0.29, 0.717) is 11.5 Å². The second-order valence-corrected chi connectivity index (χ2v) is 5.71. The van der Waals surface area contributed by atoms with Crippen molar-refractivity contribution in [1.82, 2.24) is 19.9 Å². The van der Waals surface area contributed by atoms with Gasteiger partial charge in [-0.05, 0) is 30.7 Å². The van der Waals surface area contributed by atoms with Crippen LogP contribution in [-0.2, 0) is 6.42 Å². The molecule has 2 aromatic rings. The Morgan fingerprint density at radius 2 is 1.74 bits per heavy atom. The molecule has 0 spiro atoms. The van der Waals surface area contributed by atoms with Gasteiger partial charge >= 0.3 is 0 Å². The second-order valence-electron chi connectivity index (χ2n) is 5.71. The maximum absolute atomic E-state index is 9.39. The lowest BCUT2D eigenvalue weighted by molar-refractivity contribution is 0.270. The third-order valence-electron chi connectivity index (χ3n) is 4.40. The lowest BCUT2D eigenvalue weighted by atomic mass is 10.2. The lowest BCUT2D eigenvalue weighted by Gasteiger charge is -2.33. The highest BCUT2D eigenvalue weighted by Gasteiger charge is 2.22. The van der Waals surface area contributed by atoms with Gasteiger partial charge < -0.3 is 9.80 Å². The van der Waals surface area contributed by atoms with E-state index in [4.69, 9.17) is 0 Å². The number of rotatable bonds is 4. The molecule has 1 fully saturated rings. The molecule has 2 heterocycles. The van der Waals surface area contributed by atoms with E-state index in [-0.39, 0.29) is 0 Å². The van der Waals surface area contributed by atoms with Gasteiger partial charge in [0.05, 0.1) is 5.69 Å². The molecule has 1 aromatic heterocycles. The number of aromatic nitrogens is 3. The van der Waals surface area contributed by atoms with Gasteiger partial charge in [0.15, 0.2) is 5.82 Å². The Morgan fingerprint density at radius 3 is 2.30 bits per heavy atom. The van der Waals surface area contributed by atoms with Crippen molar-refractivity contribution in [2.75, 3.05) is 37.6 Å². The van der Waals surface area contributed by atoms with Crippen LogP contribution in [0.15, 0.2) is 24.3 Å². The van der Waals surface area contributed by atoms with Crippen LogP contribution in [0.3, 0.4) is 0 Å². The molecule has 1 aliphatic rings. The Kier molecular flexibility index (Phi) is 4.58. The summed E-state index contributed by atoms with van der Waals surface area (Å²) in [7, 11) is 0. The summed E-state index contributed by atoms with van der Waals surface area (Å²) in [5.41, 5.74) is 2.56. The standard InChI is InChI=1S/C17H22N6/c1-3-14-5-7-15(8-6-14)23-19-16(13-18)17(20-23)22-11-9-21(4-2)10-12-22/h5-8H,3-4,9-12H2,1-2H3. The van der Waals surface area contributed by atoms with Crippen LogP contribution in [0.25, 0.3) is 5.69 Å². The van der Waals surface area contributed by atoms with E-state index in [1.54, 1.807) is 4.80 Å². The molecular formula is C17H22N6. The summed E-state index contributed by atoms with van der Waals surface area (Å²) in [5.74, 6) is 0.697. The van der Waals surface area contributed by atoms with Crippen LogP contribution in [0, 0.1) is 11.3 Å². The summed E-state index contributed by atoms with van der Waals surface area (Å²) >= 11 is 0. The van der Waals surface area contributed by atoms with E-state index in [9.17, 15) is 5.26 Å². The Balaban J connectivity index is 1.84. The Hall–Kier alpha value is -2.39. The van der Waals surface area contributed by atoms with Gasteiger partial charge in [-0.3, -0.25) is 0 Å². The minimum atomic E-state index is 0.398. The van der Waals surface area contributed by atoms with Crippen molar-refractivity contribution in [3.05, 3.63) is 35.5 Å². The minimum Gasteiger partial charge on any atom is -0.350 e. The molecule has 6 heteroatoms. The molecule has 0 unspecified atom stereocenters. The molecular weight excluding hydrogens is 288 g/mol. The van der Waals surface area contributed by atoms with Gasteiger partial charge in [-0.25, -0.2) is 0 Å². The van der Waals surface area contributed by atoms with Gasteiger partial charge in [-0.1, -0.05) is 26.0 Å². The fraction of sp³-hybridized carbons (Fsp3) is 0.471. The van der Waals surface area contributed by atoms with Gasteiger partial charge in [0.2, 0.25) is 5.69 Å². The van der Waals surface area contributed by atoms with Crippen molar-refractivity contribution < 1.29 is 0 Å². The van der Waals surface area contributed by atoms with Crippen molar-refractivity contribution in [2.24, 2.45) is 0 Å². The molecule has 0 bridgehead atoms. The van der Waals surface area contributed by atoms with Gasteiger partial charge in [0.25, 0.3) is 0 Å². The Labute approximate surface area is 136 Å². The number of hydrogen-bond acceptors (Lipinski definition) is 5. The predicted molar refractivity (Wildman–Crippen MR) is 89.8 cm³/mol. The number of nitrogens with zero attached hydrogens (tertiary/aromatic N) is 6. The third kappa shape index (κ3) is 3.20. The molecule has 3 rings (SSSR count). The molecule has 0 radical (unpaired) electrons. The smallest absolute Gasteiger partial charge is 0.207 e. The first kappa shape index (κ1) is 15.5. The summed E-state index contributed by atoms with van der Waals surface area (Å²) in [6.07, 6.45) is 1.00. The summed E-state index contributed by atoms with van der Waals surface area (Å²) in [5, 5.41) is 18.3. The van der Waals surface area contributed by atoms with Crippen LogP contribution < -0.4 is 4.90 Å². The van der Waals surface area contributed by atoms with Crippen molar-refractivity contribution in [1.29, 1.82) is 5.26 Å². The minimum absolute atomic E-state index is 0.398. The molecule has 0 amide bonds. The van der Waals surface area contributed by atoms with Crippen molar-refractivity contribution >= 4 is 5.82 Å². The van der Waals surface area contributed by atoms with Crippen molar-refractivity contribution in [2.45, 2.75) is 20.3 Å². The normalized spacial score (nSPS) is 15.6. The number of aryl methyl sites for hydroxylation is 1. The summed E-state index contributed by atoms with van der Waals surface area (Å²) in [6, 6.07) is 10.3. The molecule has 6 nitrogen and oxygen atoms in total. The zero-order valence-corrected chi connectivity index (χ0v) is 13.7. The van der Waals surface area contributed by atoms with E-state index in [1.807, 2.05) is 12.1 Å². The molecule has 23 heavy (non-hydrogen) atoms. The second kappa shape index (κ2) is 6.80. The molecule has 1 aliphatic heterocycles. The van der Waals surface area contributed by atoms with Crippen LogP contribution in [0.1, 0.15) is 25.1 Å². The fourth-order valence-corrected chi connectivity index (χ4v) is 2.84. The summed E-state index contributed by atoms with van der Waals surface area (Å²) in [6.45, 7) is 9.13. The summed E-state index contributed by atoms with van der Waals surface area (Å²) < 4.78 is 0. The highest BCUT2D eigenvalue weighted by atomic mass is 15.5. The van der Waals surface area contributed by atoms with Crippen molar-refractivity contribution in [3.63, 3.8) is 0 Å². The lowest BCUT2D eigenvalue weighted by Crippen LogP contribution is -2.46. The molecule has 0 atom stereocenters. The number of hydrogen-bond donors (Lipinski definition) is 0. The Morgan fingerprint density at radius 1 is 1.04 bits per heavy atom. The monoisotopic (exact) mass is 310 g/mol. The SMILES string of the molecule is CCc1ccc(-n2nc(C#N)c(N3CCN(CC)CC3)n2)cc1. The van der Waals surface area contributed by atoms with Gasteiger partial charge in [-0.2, -0.15) is 5.26 Å². The zero-order chi connectivity index (χ0) is 16.2. The van der Waals surface area contributed by atoms with Gasteiger partial charge in [-0.15, -0.1) is 15.0 Å². The van der Waals surface area contributed by atoms with Crippen molar-refractivity contribution in [3.8, 4) is 11.8 Å². The predicted octanol–water partition coefficient (Wildman–Crippen LogP) is 1.84. The fourth-order valence-electron chi connectivity index (χ4n) is 2.84. The highest BCUT2D eigenvalue weighted by Crippen LogP contribution is 2.19. The molecule has 1 aromatic carbocycles. The molecule has 0 saturated carbocycles. The number of anilines is 1. The van der Waals surface area contributed by atoms with Crippen LogP contribution in [0.4, 0.5) is 5.82 Å². The van der Waals surface area contributed by atoms with Crippen LogP contribution >= 0.6 is 0 Å².